The number of nitrogens with zero attached hydrogens (tertiary/aromatic N) is 3. The molecule has 3 rings (SSSR count). The molecule has 156 valence electrons. The fourth-order valence-electron chi connectivity index (χ4n) is 3.11. The smallest absolute Gasteiger partial charge is 0.255 e. The van der Waals surface area contributed by atoms with Gasteiger partial charge in [-0.15, -0.1) is 0 Å². The van der Waals surface area contributed by atoms with Crippen molar-refractivity contribution in [1.29, 1.82) is 0 Å². The van der Waals surface area contributed by atoms with Crippen LogP contribution in [0.15, 0.2) is 30.6 Å². The van der Waals surface area contributed by atoms with Gasteiger partial charge in [-0.1, -0.05) is 0 Å². The molecule has 9 nitrogen and oxygen atoms in total. The van der Waals surface area contributed by atoms with Crippen LogP contribution in [0.4, 0.5) is 0 Å². The molecule has 1 aliphatic heterocycles. The molecule has 2 amide bonds. The molecule has 0 unspecified atom stereocenters. The van der Waals surface area contributed by atoms with Gasteiger partial charge in [-0.2, -0.15) is 0 Å². The van der Waals surface area contributed by atoms with Crippen LogP contribution in [0.25, 0.3) is 0 Å². The van der Waals surface area contributed by atoms with Crippen LogP contribution < -0.4 is 20.1 Å². The van der Waals surface area contributed by atoms with Gasteiger partial charge in [0.15, 0.2) is 0 Å². The summed E-state index contributed by atoms with van der Waals surface area (Å²) in [6.45, 7) is 2.55. The first kappa shape index (κ1) is 20.7. The maximum Gasteiger partial charge on any atom is 0.255 e. The van der Waals surface area contributed by atoms with E-state index in [9.17, 15) is 9.59 Å². The van der Waals surface area contributed by atoms with Crippen LogP contribution in [0, 0.1) is 0 Å². The number of aryl methyl sites for hydroxylation is 1. The summed E-state index contributed by atoms with van der Waals surface area (Å²) in [5, 5.41) is 5.79. The Morgan fingerprint density at radius 2 is 2.10 bits per heavy atom. The van der Waals surface area contributed by atoms with Crippen LogP contribution in [0.2, 0.25) is 0 Å². The van der Waals surface area contributed by atoms with Crippen molar-refractivity contribution < 1.29 is 19.1 Å². The van der Waals surface area contributed by atoms with Crippen LogP contribution in [0.1, 0.15) is 22.6 Å². The first-order chi connectivity index (χ1) is 14.1. The van der Waals surface area contributed by atoms with Crippen LogP contribution in [0.5, 0.6) is 11.5 Å². The summed E-state index contributed by atoms with van der Waals surface area (Å²) in [7, 11) is 3.48. The molecular weight excluding hydrogens is 374 g/mol. The van der Waals surface area contributed by atoms with Crippen molar-refractivity contribution in [1.82, 2.24) is 25.1 Å². The molecule has 9 heteroatoms. The first-order valence-electron chi connectivity index (χ1n) is 9.61. The molecular formula is C20H27N5O4. The van der Waals surface area contributed by atoms with Gasteiger partial charge < -0.3 is 24.7 Å². The predicted octanol–water partition coefficient (Wildman–Crippen LogP) is 0.559. The number of aromatic nitrogens is 2. The third-order valence-electron chi connectivity index (χ3n) is 4.71. The molecule has 2 heterocycles. The molecule has 0 bridgehead atoms. The maximum atomic E-state index is 12.6. The highest BCUT2D eigenvalue weighted by Crippen LogP contribution is 2.25. The number of ether oxygens (including phenoxy) is 2. The number of rotatable bonds is 3. The number of fused-ring (bicyclic) bond motifs is 1. The van der Waals surface area contributed by atoms with Crippen molar-refractivity contribution in [2.24, 2.45) is 7.05 Å². The summed E-state index contributed by atoms with van der Waals surface area (Å²) >= 11 is 0. The van der Waals surface area contributed by atoms with Gasteiger partial charge >= 0.3 is 0 Å². The average Bonchev–Trinajstić information content (AvgIpc) is 3.12. The van der Waals surface area contributed by atoms with Gasteiger partial charge in [-0.3, -0.25) is 14.5 Å². The maximum absolute atomic E-state index is 12.6. The highest BCUT2D eigenvalue weighted by atomic mass is 16.5. The van der Waals surface area contributed by atoms with Crippen molar-refractivity contribution in [2.45, 2.75) is 13.0 Å². The van der Waals surface area contributed by atoms with Gasteiger partial charge in [0.1, 0.15) is 23.9 Å². The van der Waals surface area contributed by atoms with Crippen molar-refractivity contribution in [2.75, 3.05) is 39.9 Å². The summed E-state index contributed by atoms with van der Waals surface area (Å²) in [5.41, 5.74) is 0.444. The standard InChI is InChI=1S/C20H27N5O4/c1-24-10-7-21-18(24)13-25-9-3-6-23-20(27)16-5-4-15(28-2)12-17(16)29-11-8-22-19(26)14-25/h4-5,7,10,12H,3,6,8-9,11,13-14H2,1-2H3,(H,22,26)(H,23,27). The molecule has 0 saturated carbocycles. The normalized spacial score (nSPS) is 16.8. The Kier molecular flexibility index (Phi) is 7.07. The molecule has 1 aromatic carbocycles. The monoisotopic (exact) mass is 401 g/mol. The van der Waals surface area contributed by atoms with Crippen molar-refractivity contribution in [3.8, 4) is 11.5 Å². The Hall–Kier alpha value is -3.07. The Balaban J connectivity index is 1.70. The second-order valence-corrected chi connectivity index (χ2v) is 6.83. The molecule has 29 heavy (non-hydrogen) atoms. The van der Waals surface area contributed by atoms with E-state index in [1.54, 1.807) is 31.5 Å². The molecule has 1 aliphatic rings. The van der Waals surface area contributed by atoms with Gasteiger partial charge in [-0.25, -0.2) is 4.98 Å². The van der Waals surface area contributed by atoms with E-state index in [-0.39, 0.29) is 25.0 Å². The fourth-order valence-corrected chi connectivity index (χ4v) is 3.11. The zero-order valence-corrected chi connectivity index (χ0v) is 16.8. The molecule has 2 aromatic rings. The third kappa shape index (κ3) is 5.71. The fraction of sp³-hybridized carbons (Fsp3) is 0.450. The topological polar surface area (TPSA) is 97.7 Å². The van der Waals surface area contributed by atoms with Crippen LogP contribution >= 0.6 is 0 Å². The number of hydrogen-bond acceptors (Lipinski definition) is 6. The quantitative estimate of drug-likeness (QED) is 0.780. The summed E-state index contributed by atoms with van der Waals surface area (Å²) < 4.78 is 12.9. The Labute approximate surface area is 170 Å². The lowest BCUT2D eigenvalue weighted by molar-refractivity contribution is -0.122. The van der Waals surface area contributed by atoms with Crippen LogP contribution in [-0.2, 0) is 18.4 Å². The molecule has 0 spiro atoms. The molecule has 2 N–H and O–H groups in total. The highest BCUT2D eigenvalue weighted by Gasteiger charge is 2.17. The summed E-state index contributed by atoms with van der Waals surface area (Å²) in [6.07, 6.45) is 4.32. The van der Waals surface area contributed by atoms with E-state index in [2.05, 4.69) is 15.6 Å². The lowest BCUT2D eigenvalue weighted by Crippen LogP contribution is -2.40. The van der Waals surface area contributed by atoms with Crippen molar-refractivity contribution in [3.05, 3.63) is 42.0 Å². The van der Waals surface area contributed by atoms with E-state index in [1.165, 1.54) is 0 Å². The summed E-state index contributed by atoms with van der Waals surface area (Å²) in [6, 6.07) is 5.08. The van der Waals surface area contributed by atoms with E-state index in [1.807, 2.05) is 22.7 Å². The van der Waals surface area contributed by atoms with Gasteiger partial charge in [0.25, 0.3) is 5.91 Å². The van der Waals surface area contributed by atoms with Gasteiger partial charge in [0.2, 0.25) is 5.91 Å². The zero-order valence-electron chi connectivity index (χ0n) is 16.8. The van der Waals surface area contributed by atoms with Gasteiger partial charge in [0, 0.05) is 38.6 Å². The summed E-state index contributed by atoms with van der Waals surface area (Å²) in [5.74, 6) is 1.65. The molecule has 0 fully saturated rings. The number of carbonyl (C=O) groups is 2. The van der Waals surface area contributed by atoms with E-state index in [0.717, 1.165) is 5.82 Å². The van der Waals surface area contributed by atoms with E-state index < -0.39 is 0 Å². The minimum atomic E-state index is -0.195. The highest BCUT2D eigenvalue weighted by molar-refractivity contribution is 5.97. The molecule has 0 atom stereocenters. The van der Waals surface area contributed by atoms with Crippen molar-refractivity contribution in [3.63, 3.8) is 0 Å². The molecule has 0 saturated heterocycles. The molecule has 0 aliphatic carbocycles. The van der Waals surface area contributed by atoms with E-state index in [0.29, 0.717) is 49.7 Å². The molecule has 1 aromatic heterocycles. The third-order valence-corrected chi connectivity index (χ3v) is 4.71. The second-order valence-electron chi connectivity index (χ2n) is 6.83. The number of imidazole rings is 1. The number of nitrogens with one attached hydrogen (secondary N) is 2. The van der Waals surface area contributed by atoms with Crippen LogP contribution in [-0.4, -0.2) is 66.2 Å². The SMILES string of the molecule is COc1ccc2c(c1)OCCNC(=O)CN(Cc1nccn1C)CCCNC2=O. The molecule has 0 radical (unpaired) electrons. The Morgan fingerprint density at radius 3 is 2.86 bits per heavy atom. The minimum Gasteiger partial charge on any atom is -0.497 e. The number of carbonyl (C=O) groups excluding carboxylic acids is 2. The first-order valence-corrected chi connectivity index (χ1v) is 9.61. The minimum absolute atomic E-state index is 0.0743. The number of amides is 2. The lowest BCUT2D eigenvalue weighted by Gasteiger charge is -2.22. The predicted molar refractivity (Wildman–Crippen MR) is 107 cm³/mol. The Morgan fingerprint density at radius 1 is 1.24 bits per heavy atom. The Bertz CT molecular complexity index is 851. The number of hydrogen-bond donors (Lipinski definition) is 2. The van der Waals surface area contributed by atoms with E-state index in [4.69, 9.17) is 9.47 Å². The second kappa shape index (κ2) is 9.92. The average molecular weight is 401 g/mol. The summed E-state index contributed by atoms with van der Waals surface area (Å²) in [4.78, 5) is 31.3. The zero-order chi connectivity index (χ0) is 20.6. The number of methoxy groups -OCH3 is 1. The largest absolute Gasteiger partial charge is 0.497 e. The lowest BCUT2D eigenvalue weighted by atomic mass is 10.1. The van der Waals surface area contributed by atoms with Gasteiger partial charge in [0.05, 0.1) is 32.3 Å². The van der Waals surface area contributed by atoms with Crippen molar-refractivity contribution >= 4 is 11.8 Å². The van der Waals surface area contributed by atoms with Gasteiger partial charge in [-0.05, 0) is 18.6 Å². The number of benzene rings is 1. The van der Waals surface area contributed by atoms with Crippen LogP contribution in [0.3, 0.4) is 0 Å². The van der Waals surface area contributed by atoms with E-state index >= 15 is 0 Å².